The Morgan fingerprint density at radius 3 is 2.70 bits per heavy atom. The van der Waals surface area contributed by atoms with Crippen LogP contribution in [0, 0.1) is 11.8 Å². The summed E-state index contributed by atoms with van der Waals surface area (Å²) in [7, 11) is 1.47. The van der Waals surface area contributed by atoms with Crippen LogP contribution in [0.2, 0.25) is 0 Å². The standard InChI is InChI=1S/C16H28O4/c1-3-4-5-7-14-13(12-15(17)18-2)8-9-16(14)19-10-6-11-20-16/h13-14H,3-12H2,1-2H3. The molecular weight excluding hydrogens is 256 g/mol. The van der Waals surface area contributed by atoms with Crippen LogP contribution in [-0.2, 0) is 19.0 Å². The number of methoxy groups -OCH3 is 1. The van der Waals surface area contributed by atoms with E-state index in [1.165, 1.54) is 26.4 Å². The van der Waals surface area contributed by atoms with Gasteiger partial charge in [0.15, 0.2) is 5.79 Å². The molecule has 2 rings (SSSR count). The van der Waals surface area contributed by atoms with E-state index in [2.05, 4.69) is 6.92 Å². The largest absolute Gasteiger partial charge is 0.469 e. The first-order valence-electron chi connectivity index (χ1n) is 8.06. The van der Waals surface area contributed by atoms with Crippen LogP contribution in [0.1, 0.15) is 58.3 Å². The molecule has 0 amide bonds. The van der Waals surface area contributed by atoms with E-state index >= 15 is 0 Å². The molecule has 2 unspecified atom stereocenters. The van der Waals surface area contributed by atoms with Gasteiger partial charge in [0.1, 0.15) is 0 Å². The molecular formula is C16H28O4. The molecule has 4 heteroatoms. The van der Waals surface area contributed by atoms with Gasteiger partial charge >= 0.3 is 5.97 Å². The minimum atomic E-state index is -0.412. The van der Waals surface area contributed by atoms with Gasteiger partial charge in [-0.15, -0.1) is 0 Å². The number of ether oxygens (including phenoxy) is 3. The molecule has 1 heterocycles. The number of carbonyl (C=O) groups is 1. The molecule has 2 atom stereocenters. The fourth-order valence-corrected chi connectivity index (χ4v) is 3.69. The van der Waals surface area contributed by atoms with Crippen molar-refractivity contribution in [3.63, 3.8) is 0 Å². The van der Waals surface area contributed by atoms with Gasteiger partial charge in [0.05, 0.1) is 20.3 Å². The number of hydrogen-bond donors (Lipinski definition) is 0. The van der Waals surface area contributed by atoms with E-state index in [9.17, 15) is 4.79 Å². The van der Waals surface area contributed by atoms with Gasteiger partial charge in [-0.05, 0) is 25.2 Å². The number of esters is 1. The summed E-state index contributed by atoms with van der Waals surface area (Å²) >= 11 is 0. The van der Waals surface area contributed by atoms with Gasteiger partial charge < -0.3 is 14.2 Å². The second-order valence-electron chi connectivity index (χ2n) is 6.04. The number of rotatable bonds is 6. The second kappa shape index (κ2) is 7.41. The Hall–Kier alpha value is -0.610. The van der Waals surface area contributed by atoms with Crippen LogP contribution in [0.15, 0.2) is 0 Å². The van der Waals surface area contributed by atoms with Crippen molar-refractivity contribution in [2.45, 2.75) is 64.1 Å². The summed E-state index contributed by atoms with van der Waals surface area (Å²) in [5.41, 5.74) is 0. The molecule has 0 bridgehead atoms. The zero-order valence-electron chi connectivity index (χ0n) is 12.9. The molecule has 0 radical (unpaired) electrons. The van der Waals surface area contributed by atoms with E-state index in [0.717, 1.165) is 38.9 Å². The molecule has 1 saturated carbocycles. The lowest BCUT2D eigenvalue weighted by molar-refractivity contribution is -0.288. The van der Waals surface area contributed by atoms with Crippen LogP contribution in [-0.4, -0.2) is 32.1 Å². The predicted octanol–water partition coefficient (Wildman–Crippen LogP) is 3.29. The summed E-state index contributed by atoms with van der Waals surface area (Å²) in [6, 6.07) is 0. The van der Waals surface area contributed by atoms with Gasteiger partial charge in [0.25, 0.3) is 0 Å². The fourth-order valence-electron chi connectivity index (χ4n) is 3.69. The predicted molar refractivity (Wildman–Crippen MR) is 76.2 cm³/mol. The van der Waals surface area contributed by atoms with Gasteiger partial charge in [-0.3, -0.25) is 4.79 Å². The van der Waals surface area contributed by atoms with Crippen molar-refractivity contribution >= 4 is 5.97 Å². The van der Waals surface area contributed by atoms with E-state index in [-0.39, 0.29) is 5.97 Å². The van der Waals surface area contributed by atoms with Crippen LogP contribution < -0.4 is 0 Å². The van der Waals surface area contributed by atoms with Crippen molar-refractivity contribution in [3.8, 4) is 0 Å². The number of carbonyl (C=O) groups excluding carboxylic acids is 1. The lowest BCUT2D eigenvalue weighted by Crippen LogP contribution is -2.45. The normalized spacial score (nSPS) is 28.7. The highest BCUT2D eigenvalue weighted by Crippen LogP contribution is 2.49. The average Bonchev–Trinajstić information content (AvgIpc) is 2.78. The molecule has 2 aliphatic rings. The van der Waals surface area contributed by atoms with Gasteiger partial charge in [-0.2, -0.15) is 0 Å². The number of unbranched alkanes of at least 4 members (excludes halogenated alkanes) is 2. The SMILES string of the molecule is CCCCCC1C(CC(=O)OC)CCC12OCCCO2. The Labute approximate surface area is 122 Å². The first-order valence-corrected chi connectivity index (χ1v) is 8.06. The van der Waals surface area contributed by atoms with Gasteiger partial charge in [-0.25, -0.2) is 0 Å². The van der Waals surface area contributed by atoms with Crippen molar-refractivity contribution in [1.82, 2.24) is 0 Å². The Bertz CT molecular complexity index is 310. The number of hydrogen-bond acceptors (Lipinski definition) is 4. The van der Waals surface area contributed by atoms with Gasteiger partial charge in [0, 0.05) is 18.8 Å². The van der Waals surface area contributed by atoms with Crippen LogP contribution in [0.4, 0.5) is 0 Å². The third-order valence-corrected chi connectivity index (χ3v) is 4.75. The highest BCUT2D eigenvalue weighted by atomic mass is 16.7. The van der Waals surface area contributed by atoms with Gasteiger partial charge in [-0.1, -0.05) is 26.2 Å². The molecule has 0 aromatic heterocycles. The molecule has 20 heavy (non-hydrogen) atoms. The third kappa shape index (κ3) is 3.53. The highest BCUT2D eigenvalue weighted by molar-refractivity contribution is 5.69. The van der Waals surface area contributed by atoms with E-state index in [4.69, 9.17) is 14.2 Å². The lowest BCUT2D eigenvalue weighted by Gasteiger charge is -2.40. The van der Waals surface area contributed by atoms with Crippen molar-refractivity contribution in [2.24, 2.45) is 11.8 Å². The summed E-state index contributed by atoms with van der Waals surface area (Å²) in [5.74, 6) is 0.166. The van der Waals surface area contributed by atoms with Crippen molar-refractivity contribution in [2.75, 3.05) is 20.3 Å². The molecule has 1 saturated heterocycles. The Morgan fingerprint density at radius 1 is 1.30 bits per heavy atom. The zero-order chi connectivity index (χ0) is 14.4. The summed E-state index contributed by atoms with van der Waals surface area (Å²) in [6.45, 7) is 3.79. The average molecular weight is 284 g/mol. The Kier molecular flexibility index (Phi) is 5.85. The quantitative estimate of drug-likeness (QED) is 0.554. The van der Waals surface area contributed by atoms with E-state index < -0.39 is 5.79 Å². The Morgan fingerprint density at radius 2 is 2.05 bits per heavy atom. The molecule has 0 aromatic carbocycles. The first kappa shape index (κ1) is 15.8. The Balaban J connectivity index is 2.02. The molecule has 4 nitrogen and oxygen atoms in total. The summed E-state index contributed by atoms with van der Waals surface area (Å²) < 4.78 is 16.9. The summed E-state index contributed by atoms with van der Waals surface area (Å²) in [6.07, 6.45) is 8.13. The second-order valence-corrected chi connectivity index (χ2v) is 6.04. The minimum Gasteiger partial charge on any atom is -0.469 e. The monoisotopic (exact) mass is 284 g/mol. The van der Waals surface area contributed by atoms with Crippen LogP contribution >= 0.6 is 0 Å². The molecule has 1 aliphatic carbocycles. The van der Waals surface area contributed by atoms with Crippen LogP contribution in [0.3, 0.4) is 0 Å². The van der Waals surface area contributed by atoms with Crippen molar-refractivity contribution in [1.29, 1.82) is 0 Å². The molecule has 0 N–H and O–H groups in total. The first-order chi connectivity index (χ1) is 9.72. The molecule has 1 aliphatic heterocycles. The van der Waals surface area contributed by atoms with E-state index in [1.54, 1.807) is 0 Å². The van der Waals surface area contributed by atoms with E-state index in [1.807, 2.05) is 0 Å². The third-order valence-electron chi connectivity index (χ3n) is 4.75. The molecule has 0 aromatic rings. The molecule has 2 fully saturated rings. The minimum absolute atomic E-state index is 0.108. The zero-order valence-corrected chi connectivity index (χ0v) is 12.9. The maximum Gasteiger partial charge on any atom is 0.305 e. The van der Waals surface area contributed by atoms with Gasteiger partial charge in [0.2, 0.25) is 0 Å². The van der Waals surface area contributed by atoms with Crippen LogP contribution in [0.25, 0.3) is 0 Å². The molecule has 1 spiro atoms. The van der Waals surface area contributed by atoms with E-state index in [0.29, 0.717) is 18.3 Å². The van der Waals surface area contributed by atoms with Crippen LogP contribution in [0.5, 0.6) is 0 Å². The topological polar surface area (TPSA) is 44.8 Å². The lowest BCUT2D eigenvalue weighted by atomic mass is 9.85. The summed E-state index contributed by atoms with van der Waals surface area (Å²) in [4.78, 5) is 11.6. The van der Waals surface area contributed by atoms with Crippen molar-refractivity contribution in [3.05, 3.63) is 0 Å². The smallest absolute Gasteiger partial charge is 0.305 e. The fraction of sp³-hybridized carbons (Fsp3) is 0.938. The maximum atomic E-state index is 11.6. The summed E-state index contributed by atoms with van der Waals surface area (Å²) in [5, 5.41) is 0. The maximum absolute atomic E-state index is 11.6. The highest BCUT2D eigenvalue weighted by Gasteiger charge is 2.51. The van der Waals surface area contributed by atoms with Crippen molar-refractivity contribution < 1.29 is 19.0 Å². The molecule has 116 valence electrons.